The number of hydrogen-bond acceptors (Lipinski definition) is 1. The molecule has 0 bridgehead atoms. The van der Waals surface area contributed by atoms with E-state index in [1.807, 2.05) is 0 Å². The molecular formula is C26H47N. The van der Waals surface area contributed by atoms with Crippen LogP contribution in [0.1, 0.15) is 115 Å². The number of benzene rings is 1. The molecule has 0 atom stereocenters. The molecule has 1 nitrogen and oxygen atoms in total. The Morgan fingerprint density at radius 3 is 1.52 bits per heavy atom. The molecule has 0 aliphatic rings. The molecule has 0 aliphatic heterocycles. The van der Waals surface area contributed by atoms with Gasteiger partial charge >= 0.3 is 0 Å². The summed E-state index contributed by atoms with van der Waals surface area (Å²) in [5.74, 6) is 0. The van der Waals surface area contributed by atoms with Crippen molar-refractivity contribution >= 4 is 0 Å². The Bertz CT molecular complexity index is 422. The first-order chi connectivity index (χ1) is 13.3. The smallest absolute Gasteiger partial charge is 0.0236 e. The molecule has 1 aromatic carbocycles. The summed E-state index contributed by atoms with van der Waals surface area (Å²) in [5, 5.41) is 0. The van der Waals surface area contributed by atoms with Gasteiger partial charge in [-0.15, -0.1) is 0 Å². The van der Waals surface area contributed by atoms with Crippen LogP contribution in [-0.2, 0) is 6.54 Å². The van der Waals surface area contributed by atoms with Crippen molar-refractivity contribution in [3.05, 3.63) is 35.4 Å². The van der Waals surface area contributed by atoms with Crippen LogP contribution in [0, 0.1) is 6.92 Å². The molecule has 0 unspecified atom stereocenters. The van der Waals surface area contributed by atoms with Gasteiger partial charge < -0.3 is 0 Å². The van der Waals surface area contributed by atoms with Crippen LogP contribution in [0.3, 0.4) is 0 Å². The molecule has 27 heavy (non-hydrogen) atoms. The van der Waals surface area contributed by atoms with Crippen LogP contribution in [0.15, 0.2) is 24.3 Å². The van der Waals surface area contributed by atoms with Gasteiger partial charge in [0.1, 0.15) is 0 Å². The first kappa shape index (κ1) is 24.2. The van der Waals surface area contributed by atoms with E-state index < -0.39 is 0 Å². The van der Waals surface area contributed by atoms with Gasteiger partial charge in [-0.2, -0.15) is 0 Å². The lowest BCUT2D eigenvalue weighted by atomic mass is 10.1. The summed E-state index contributed by atoms with van der Waals surface area (Å²) < 4.78 is 0. The molecule has 0 radical (unpaired) electrons. The third-order valence-corrected chi connectivity index (χ3v) is 5.81. The third-order valence-electron chi connectivity index (χ3n) is 5.81. The lowest BCUT2D eigenvalue weighted by Crippen LogP contribution is -2.26. The van der Waals surface area contributed by atoms with Gasteiger partial charge in [0, 0.05) is 6.54 Å². The number of unbranched alkanes of at least 4 members (excludes halogenated alkanes) is 12. The van der Waals surface area contributed by atoms with Crippen LogP contribution in [0.25, 0.3) is 0 Å². The molecule has 1 heteroatoms. The molecule has 156 valence electrons. The van der Waals surface area contributed by atoms with Crippen molar-refractivity contribution in [3.8, 4) is 0 Å². The minimum atomic E-state index is 1.14. The van der Waals surface area contributed by atoms with Crippen LogP contribution in [0.4, 0.5) is 0 Å². The molecule has 0 aliphatic carbocycles. The summed E-state index contributed by atoms with van der Waals surface area (Å²) in [6.45, 7) is 10.5. The Labute approximate surface area is 170 Å². The standard InChI is InChI=1S/C26H47N/c1-4-6-8-10-12-14-18-22-27(23-19-15-13-11-9-7-5-2)24-26-21-17-16-20-25(26)3/h16-17,20-21H,4-15,18-19,22-24H2,1-3H3. The second-order valence-corrected chi connectivity index (χ2v) is 8.45. The predicted octanol–water partition coefficient (Wildman–Crippen LogP) is 8.30. The van der Waals surface area contributed by atoms with E-state index in [0.717, 1.165) is 6.54 Å². The SMILES string of the molecule is CCCCCCCCCN(CCCCCCCCC)Cc1ccccc1C. The van der Waals surface area contributed by atoms with Gasteiger partial charge in [-0.3, -0.25) is 4.90 Å². The molecule has 0 heterocycles. The molecule has 0 fully saturated rings. The Kier molecular flexibility index (Phi) is 15.5. The monoisotopic (exact) mass is 373 g/mol. The molecule has 0 saturated carbocycles. The van der Waals surface area contributed by atoms with Crippen LogP contribution in [-0.4, -0.2) is 18.0 Å². The van der Waals surface area contributed by atoms with Crippen molar-refractivity contribution in [2.24, 2.45) is 0 Å². The van der Waals surface area contributed by atoms with Crippen molar-refractivity contribution in [3.63, 3.8) is 0 Å². The minimum absolute atomic E-state index is 1.14. The van der Waals surface area contributed by atoms with Crippen molar-refractivity contribution in [2.45, 2.75) is 117 Å². The van der Waals surface area contributed by atoms with E-state index in [1.54, 1.807) is 0 Å². The molecular weight excluding hydrogens is 326 g/mol. The van der Waals surface area contributed by atoms with E-state index in [-0.39, 0.29) is 0 Å². The van der Waals surface area contributed by atoms with Crippen LogP contribution >= 0.6 is 0 Å². The number of nitrogens with zero attached hydrogens (tertiary/aromatic N) is 1. The Balaban J connectivity index is 2.29. The topological polar surface area (TPSA) is 3.24 Å². The molecule has 0 spiro atoms. The Hall–Kier alpha value is -0.820. The summed E-state index contributed by atoms with van der Waals surface area (Å²) >= 11 is 0. The maximum Gasteiger partial charge on any atom is 0.0236 e. The Morgan fingerprint density at radius 2 is 1.04 bits per heavy atom. The number of rotatable bonds is 18. The maximum absolute atomic E-state index is 2.72. The largest absolute Gasteiger partial charge is 0.299 e. The van der Waals surface area contributed by atoms with E-state index in [9.17, 15) is 0 Å². The second kappa shape index (κ2) is 17.3. The minimum Gasteiger partial charge on any atom is -0.299 e. The van der Waals surface area contributed by atoms with Crippen molar-refractivity contribution in [1.29, 1.82) is 0 Å². The molecule has 0 aromatic heterocycles. The van der Waals surface area contributed by atoms with Crippen LogP contribution in [0.5, 0.6) is 0 Å². The zero-order chi connectivity index (χ0) is 19.6. The van der Waals surface area contributed by atoms with Gasteiger partial charge in [-0.1, -0.05) is 115 Å². The summed E-state index contributed by atoms with van der Waals surface area (Å²) in [4.78, 5) is 2.72. The highest BCUT2D eigenvalue weighted by Gasteiger charge is 2.07. The lowest BCUT2D eigenvalue weighted by molar-refractivity contribution is 0.251. The number of hydrogen-bond donors (Lipinski definition) is 0. The molecule has 0 amide bonds. The van der Waals surface area contributed by atoms with Gasteiger partial charge in [0.15, 0.2) is 0 Å². The third kappa shape index (κ3) is 13.1. The van der Waals surface area contributed by atoms with Crippen LogP contribution in [0.2, 0.25) is 0 Å². The first-order valence-electron chi connectivity index (χ1n) is 12.0. The van der Waals surface area contributed by atoms with E-state index in [1.165, 1.54) is 114 Å². The zero-order valence-electron chi connectivity index (χ0n) is 18.8. The summed E-state index contributed by atoms with van der Waals surface area (Å²) in [7, 11) is 0. The highest BCUT2D eigenvalue weighted by atomic mass is 15.1. The van der Waals surface area contributed by atoms with Gasteiger partial charge in [0.25, 0.3) is 0 Å². The fourth-order valence-corrected chi connectivity index (χ4v) is 3.88. The molecule has 0 N–H and O–H groups in total. The van der Waals surface area contributed by atoms with Crippen molar-refractivity contribution < 1.29 is 0 Å². The zero-order valence-corrected chi connectivity index (χ0v) is 18.8. The van der Waals surface area contributed by atoms with E-state index in [0.29, 0.717) is 0 Å². The van der Waals surface area contributed by atoms with Gasteiger partial charge in [-0.25, -0.2) is 0 Å². The van der Waals surface area contributed by atoms with Gasteiger partial charge in [0.2, 0.25) is 0 Å². The van der Waals surface area contributed by atoms with Crippen molar-refractivity contribution in [1.82, 2.24) is 4.90 Å². The second-order valence-electron chi connectivity index (χ2n) is 8.45. The van der Waals surface area contributed by atoms with E-state index in [4.69, 9.17) is 0 Å². The number of aryl methyl sites for hydroxylation is 1. The fourth-order valence-electron chi connectivity index (χ4n) is 3.88. The predicted molar refractivity (Wildman–Crippen MR) is 122 cm³/mol. The van der Waals surface area contributed by atoms with Crippen molar-refractivity contribution in [2.75, 3.05) is 13.1 Å². The lowest BCUT2D eigenvalue weighted by Gasteiger charge is -2.23. The first-order valence-corrected chi connectivity index (χ1v) is 12.0. The highest BCUT2D eigenvalue weighted by Crippen LogP contribution is 2.14. The normalized spacial score (nSPS) is 11.4. The molecule has 1 aromatic rings. The molecule has 1 rings (SSSR count). The summed E-state index contributed by atoms with van der Waals surface area (Å²) in [6.07, 6.45) is 19.7. The summed E-state index contributed by atoms with van der Waals surface area (Å²) in [6, 6.07) is 8.94. The molecule has 0 saturated heterocycles. The fraction of sp³-hybridized carbons (Fsp3) is 0.769. The summed E-state index contributed by atoms with van der Waals surface area (Å²) in [5.41, 5.74) is 2.96. The Morgan fingerprint density at radius 1 is 0.593 bits per heavy atom. The average Bonchev–Trinajstić information content (AvgIpc) is 2.68. The van der Waals surface area contributed by atoms with E-state index in [2.05, 4.69) is 49.9 Å². The van der Waals surface area contributed by atoms with Gasteiger partial charge in [0.05, 0.1) is 0 Å². The highest BCUT2D eigenvalue weighted by molar-refractivity contribution is 5.25. The van der Waals surface area contributed by atoms with Gasteiger partial charge in [-0.05, 0) is 44.0 Å². The van der Waals surface area contributed by atoms with Crippen LogP contribution < -0.4 is 0 Å². The maximum atomic E-state index is 2.72. The average molecular weight is 374 g/mol. The van der Waals surface area contributed by atoms with E-state index >= 15 is 0 Å². The quantitative estimate of drug-likeness (QED) is 0.234.